The molecule has 0 saturated heterocycles. The van der Waals surface area contributed by atoms with Gasteiger partial charge in [0.15, 0.2) is 0 Å². The number of nitrogens with one attached hydrogen (secondary N) is 2. The third kappa shape index (κ3) is 4.65. The topological polar surface area (TPSA) is 50.4 Å². The minimum atomic E-state index is 0.0593. The zero-order valence-corrected chi connectivity index (χ0v) is 11.6. The first-order valence-corrected chi connectivity index (χ1v) is 6.30. The van der Waals surface area contributed by atoms with Crippen LogP contribution in [0.4, 0.5) is 5.69 Å². The molecule has 1 rings (SSSR count). The van der Waals surface area contributed by atoms with Gasteiger partial charge in [-0.2, -0.15) is 0 Å². The molecular weight excluding hydrogens is 284 g/mol. The molecule has 0 fully saturated rings. The van der Waals surface area contributed by atoms with Crippen LogP contribution in [-0.2, 0) is 4.79 Å². The molecule has 0 aromatic heterocycles. The van der Waals surface area contributed by atoms with Crippen LogP contribution in [0.1, 0.15) is 13.3 Å². The van der Waals surface area contributed by atoms with Gasteiger partial charge >= 0.3 is 0 Å². The molecule has 1 amide bonds. The molecule has 4 nitrogen and oxygen atoms in total. The van der Waals surface area contributed by atoms with E-state index >= 15 is 0 Å². The molecule has 0 aliphatic heterocycles. The average molecular weight is 301 g/mol. The van der Waals surface area contributed by atoms with E-state index in [2.05, 4.69) is 26.6 Å². The number of methoxy groups -OCH3 is 1. The Kier molecular flexibility index (Phi) is 5.83. The predicted molar refractivity (Wildman–Crippen MR) is 72.5 cm³/mol. The number of amides is 1. The molecule has 0 aliphatic rings. The van der Waals surface area contributed by atoms with Gasteiger partial charge in [-0.3, -0.25) is 4.79 Å². The third-order valence-corrected chi connectivity index (χ3v) is 2.86. The van der Waals surface area contributed by atoms with Crippen LogP contribution in [0.5, 0.6) is 5.75 Å². The molecule has 2 N–H and O–H groups in total. The second-order valence-electron chi connectivity index (χ2n) is 3.48. The van der Waals surface area contributed by atoms with E-state index < -0.39 is 0 Å². The summed E-state index contributed by atoms with van der Waals surface area (Å²) in [7, 11) is 1.62. The van der Waals surface area contributed by atoms with Crippen molar-refractivity contribution in [3.05, 3.63) is 22.7 Å². The van der Waals surface area contributed by atoms with Gasteiger partial charge in [-0.15, -0.1) is 0 Å². The van der Waals surface area contributed by atoms with Crippen LogP contribution in [0.25, 0.3) is 0 Å². The molecule has 0 saturated carbocycles. The Morgan fingerprint density at radius 3 is 2.88 bits per heavy atom. The summed E-state index contributed by atoms with van der Waals surface area (Å²) in [6, 6.07) is 5.74. The van der Waals surface area contributed by atoms with Gasteiger partial charge in [0.2, 0.25) is 5.91 Å². The maximum atomic E-state index is 11.2. The number of carbonyl (C=O) groups excluding carboxylic acids is 1. The Bertz CT molecular complexity index is 383. The number of carbonyl (C=O) groups is 1. The first kappa shape index (κ1) is 13.8. The Labute approximate surface area is 110 Å². The fourth-order valence-corrected chi connectivity index (χ4v) is 1.78. The lowest BCUT2D eigenvalue weighted by atomic mass is 10.3. The first-order chi connectivity index (χ1) is 8.17. The number of ether oxygens (including phenoxy) is 1. The number of halogens is 1. The smallest absolute Gasteiger partial charge is 0.221 e. The standard InChI is InChI=1S/C12H17BrN2O2/c1-3-14-12(16)6-7-15-9-4-5-10(13)11(8-9)17-2/h4-5,8,15H,3,6-7H2,1-2H3,(H,14,16). The van der Waals surface area contributed by atoms with Gasteiger partial charge in [-0.05, 0) is 35.0 Å². The molecular formula is C12H17BrN2O2. The lowest BCUT2D eigenvalue weighted by Crippen LogP contribution is -2.24. The maximum absolute atomic E-state index is 11.2. The van der Waals surface area contributed by atoms with Gasteiger partial charge in [0.05, 0.1) is 11.6 Å². The molecule has 0 heterocycles. The fourth-order valence-electron chi connectivity index (χ4n) is 1.38. The van der Waals surface area contributed by atoms with Crippen LogP contribution < -0.4 is 15.4 Å². The van der Waals surface area contributed by atoms with Crippen molar-refractivity contribution in [2.24, 2.45) is 0 Å². The molecule has 1 aromatic rings. The summed E-state index contributed by atoms with van der Waals surface area (Å²) in [6.45, 7) is 3.19. The van der Waals surface area contributed by atoms with E-state index in [4.69, 9.17) is 4.74 Å². The monoisotopic (exact) mass is 300 g/mol. The summed E-state index contributed by atoms with van der Waals surface area (Å²) in [4.78, 5) is 11.2. The van der Waals surface area contributed by atoms with Crippen LogP contribution in [0.15, 0.2) is 22.7 Å². The molecule has 17 heavy (non-hydrogen) atoms. The largest absolute Gasteiger partial charge is 0.495 e. The number of anilines is 1. The van der Waals surface area contributed by atoms with Crippen molar-refractivity contribution in [3.63, 3.8) is 0 Å². The molecule has 0 atom stereocenters. The van der Waals surface area contributed by atoms with Crippen LogP contribution >= 0.6 is 15.9 Å². The highest BCUT2D eigenvalue weighted by Crippen LogP contribution is 2.27. The van der Waals surface area contributed by atoms with Gasteiger partial charge in [-0.1, -0.05) is 0 Å². The zero-order valence-electron chi connectivity index (χ0n) is 10.0. The summed E-state index contributed by atoms with van der Waals surface area (Å²) in [6.07, 6.45) is 0.465. The number of rotatable bonds is 6. The molecule has 0 unspecified atom stereocenters. The molecule has 0 bridgehead atoms. The highest BCUT2D eigenvalue weighted by molar-refractivity contribution is 9.10. The molecule has 1 aromatic carbocycles. The van der Waals surface area contributed by atoms with Crippen molar-refractivity contribution in [1.29, 1.82) is 0 Å². The molecule has 94 valence electrons. The SMILES string of the molecule is CCNC(=O)CCNc1ccc(Br)c(OC)c1. The second kappa shape index (κ2) is 7.17. The Balaban J connectivity index is 2.44. The van der Waals surface area contributed by atoms with Crippen LogP contribution in [0, 0.1) is 0 Å². The Morgan fingerprint density at radius 1 is 1.47 bits per heavy atom. The van der Waals surface area contributed by atoms with Crippen LogP contribution in [-0.4, -0.2) is 26.1 Å². The Hall–Kier alpha value is -1.23. The van der Waals surface area contributed by atoms with Crippen molar-refractivity contribution in [2.45, 2.75) is 13.3 Å². The van der Waals surface area contributed by atoms with E-state index in [9.17, 15) is 4.79 Å². The van der Waals surface area contributed by atoms with Crippen molar-refractivity contribution < 1.29 is 9.53 Å². The molecule has 0 aliphatic carbocycles. The summed E-state index contributed by atoms with van der Waals surface area (Å²) in [5.74, 6) is 0.831. The quantitative estimate of drug-likeness (QED) is 0.848. The van der Waals surface area contributed by atoms with E-state index in [0.717, 1.165) is 15.9 Å². The summed E-state index contributed by atoms with van der Waals surface area (Å²) in [5, 5.41) is 5.93. The fraction of sp³-hybridized carbons (Fsp3) is 0.417. The third-order valence-electron chi connectivity index (χ3n) is 2.21. The van der Waals surface area contributed by atoms with Crippen LogP contribution in [0.2, 0.25) is 0 Å². The lowest BCUT2D eigenvalue weighted by molar-refractivity contribution is -0.120. The maximum Gasteiger partial charge on any atom is 0.221 e. The van der Waals surface area contributed by atoms with Gasteiger partial charge in [0, 0.05) is 31.3 Å². The lowest BCUT2D eigenvalue weighted by Gasteiger charge is -2.09. The van der Waals surface area contributed by atoms with Gasteiger partial charge in [0.1, 0.15) is 5.75 Å². The van der Waals surface area contributed by atoms with E-state index in [0.29, 0.717) is 19.5 Å². The average Bonchev–Trinajstić information content (AvgIpc) is 2.31. The van der Waals surface area contributed by atoms with E-state index in [1.165, 1.54) is 0 Å². The minimum absolute atomic E-state index is 0.0593. The van der Waals surface area contributed by atoms with E-state index in [1.54, 1.807) is 7.11 Å². The normalized spacial score (nSPS) is 9.82. The highest BCUT2D eigenvalue weighted by Gasteiger charge is 2.02. The van der Waals surface area contributed by atoms with Gasteiger partial charge < -0.3 is 15.4 Å². The van der Waals surface area contributed by atoms with Crippen molar-refractivity contribution >= 4 is 27.5 Å². The minimum Gasteiger partial charge on any atom is -0.495 e. The molecule has 0 spiro atoms. The van der Waals surface area contributed by atoms with Crippen LogP contribution in [0.3, 0.4) is 0 Å². The summed E-state index contributed by atoms with van der Waals surface area (Å²) < 4.78 is 6.10. The number of hydrogen-bond donors (Lipinski definition) is 2. The summed E-state index contributed by atoms with van der Waals surface area (Å²) in [5.41, 5.74) is 0.939. The van der Waals surface area contributed by atoms with Crippen molar-refractivity contribution in [1.82, 2.24) is 5.32 Å². The number of hydrogen-bond acceptors (Lipinski definition) is 3. The summed E-state index contributed by atoms with van der Waals surface area (Å²) >= 11 is 3.39. The Morgan fingerprint density at radius 2 is 2.24 bits per heavy atom. The van der Waals surface area contributed by atoms with Gasteiger partial charge in [-0.25, -0.2) is 0 Å². The van der Waals surface area contributed by atoms with Crippen molar-refractivity contribution in [3.8, 4) is 5.75 Å². The first-order valence-electron chi connectivity index (χ1n) is 5.51. The molecule has 5 heteroatoms. The van der Waals surface area contributed by atoms with Gasteiger partial charge in [0.25, 0.3) is 0 Å². The molecule has 0 radical (unpaired) electrons. The van der Waals surface area contributed by atoms with Crippen molar-refractivity contribution in [2.75, 3.05) is 25.5 Å². The predicted octanol–water partition coefficient (Wildman–Crippen LogP) is 2.40. The highest BCUT2D eigenvalue weighted by atomic mass is 79.9. The zero-order chi connectivity index (χ0) is 12.7. The number of benzene rings is 1. The van der Waals surface area contributed by atoms with E-state index in [-0.39, 0.29) is 5.91 Å². The van der Waals surface area contributed by atoms with E-state index in [1.807, 2.05) is 25.1 Å². The second-order valence-corrected chi connectivity index (χ2v) is 4.33.